The number of amides is 1. The molecule has 0 radical (unpaired) electrons. The van der Waals surface area contributed by atoms with Crippen molar-refractivity contribution in [3.8, 4) is 0 Å². The van der Waals surface area contributed by atoms with Crippen LogP contribution in [0.5, 0.6) is 0 Å². The van der Waals surface area contributed by atoms with Gasteiger partial charge in [-0.2, -0.15) is 0 Å². The molecule has 1 amide bonds. The number of hydrogen-bond acceptors (Lipinski definition) is 3. The first-order valence-corrected chi connectivity index (χ1v) is 7.70. The summed E-state index contributed by atoms with van der Waals surface area (Å²) in [7, 11) is 0. The average Bonchev–Trinajstić information content (AvgIpc) is 2.99. The second-order valence-electron chi connectivity index (χ2n) is 6.16. The van der Waals surface area contributed by atoms with Gasteiger partial charge >= 0.3 is 0 Å². The van der Waals surface area contributed by atoms with E-state index >= 15 is 0 Å². The summed E-state index contributed by atoms with van der Waals surface area (Å²) in [6.45, 7) is 2.89. The molecule has 0 saturated carbocycles. The molecule has 0 aromatic heterocycles. The fourth-order valence-corrected chi connectivity index (χ4v) is 3.29. The monoisotopic (exact) mass is 381 g/mol. The van der Waals surface area contributed by atoms with Gasteiger partial charge in [-0.1, -0.05) is 18.2 Å². The molecule has 2 aliphatic heterocycles. The summed E-state index contributed by atoms with van der Waals surface area (Å²) in [4.78, 5) is 14.2. The molecular formula is C16H23Cl2F2N3O. The van der Waals surface area contributed by atoms with Crippen LogP contribution in [0.4, 0.5) is 14.5 Å². The molecule has 2 aliphatic rings. The van der Waals surface area contributed by atoms with Crippen LogP contribution in [-0.2, 0) is 11.2 Å². The molecule has 2 unspecified atom stereocenters. The highest BCUT2D eigenvalue weighted by atomic mass is 35.5. The van der Waals surface area contributed by atoms with Crippen LogP contribution in [-0.4, -0.2) is 43.5 Å². The van der Waals surface area contributed by atoms with Gasteiger partial charge in [0.15, 0.2) is 0 Å². The van der Waals surface area contributed by atoms with Gasteiger partial charge < -0.3 is 10.2 Å². The number of rotatable bonds is 4. The predicted molar refractivity (Wildman–Crippen MR) is 95.8 cm³/mol. The van der Waals surface area contributed by atoms with E-state index < -0.39 is 24.9 Å². The third-order valence-corrected chi connectivity index (χ3v) is 4.43. The number of nitrogens with zero attached hydrogens (tertiary/aromatic N) is 1. The fourth-order valence-electron chi connectivity index (χ4n) is 3.29. The van der Waals surface area contributed by atoms with Crippen molar-refractivity contribution < 1.29 is 13.6 Å². The Morgan fingerprint density at radius 2 is 2.08 bits per heavy atom. The number of hydrogen-bond donors (Lipinski definition) is 2. The van der Waals surface area contributed by atoms with Crippen molar-refractivity contribution in [3.05, 3.63) is 29.8 Å². The number of carbonyl (C=O) groups excluding carboxylic acids is 1. The molecule has 0 aliphatic carbocycles. The van der Waals surface area contributed by atoms with Gasteiger partial charge in [0.1, 0.15) is 0 Å². The van der Waals surface area contributed by atoms with E-state index in [0.29, 0.717) is 19.1 Å². The maximum Gasteiger partial charge on any atom is 0.262 e. The largest absolute Gasteiger partial charge is 0.367 e. The Hall–Kier alpha value is -1.11. The van der Waals surface area contributed by atoms with Crippen molar-refractivity contribution in [2.24, 2.45) is 0 Å². The van der Waals surface area contributed by atoms with Crippen LogP contribution in [0.25, 0.3) is 0 Å². The second-order valence-corrected chi connectivity index (χ2v) is 6.16. The number of halogens is 4. The minimum Gasteiger partial charge on any atom is -0.367 e. The minimum atomic E-state index is -2.77. The molecule has 2 atom stereocenters. The van der Waals surface area contributed by atoms with Crippen LogP contribution in [0.15, 0.2) is 24.3 Å². The molecule has 3 rings (SSSR count). The first kappa shape index (κ1) is 20.9. The third-order valence-electron chi connectivity index (χ3n) is 4.43. The number of anilines is 1. The highest BCUT2D eigenvalue weighted by Crippen LogP contribution is 2.31. The third kappa shape index (κ3) is 4.49. The Morgan fingerprint density at radius 1 is 1.38 bits per heavy atom. The lowest BCUT2D eigenvalue weighted by molar-refractivity contribution is -0.123. The highest BCUT2D eigenvalue weighted by Gasteiger charge is 2.42. The molecule has 2 heterocycles. The summed E-state index contributed by atoms with van der Waals surface area (Å²) in [6, 6.07) is 7.85. The Kier molecular flexibility index (Phi) is 7.25. The lowest BCUT2D eigenvalue weighted by Crippen LogP contribution is -2.44. The number of benzene rings is 1. The van der Waals surface area contributed by atoms with E-state index in [4.69, 9.17) is 0 Å². The minimum absolute atomic E-state index is 0. The SMILES string of the molecule is CC1Cc2ccccc2N1CCNC(=O)C1CC(F)(F)CN1.Cl.Cl. The molecule has 4 nitrogen and oxygen atoms in total. The van der Waals surface area contributed by atoms with Crippen LogP contribution >= 0.6 is 24.8 Å². The number of carbonyl (C=O) groups is 1. The predicted octanol–water partition coefficient (Wildman–Crippen LogP) is 2.39. The molecule has 1 aromatic rings. The zero-order valence-electron chi connectivity index (χ0n) is 13.4. The van der Waals surface area contributed by atoms with Gasteiger partial charge in [0.25, 0.3) is 5.92 Å². The second kappa shape index (κ2) is 8.32. The number of alkyl halides is 2. The standard InChI is InChI=1S/C16H21F2N3O.2ClH/c1-11-8-12-4-2-3-5-14(12)21(11)7-6-19-15(22)13-9-16(17,18)10-20-13;;/h2-5,11,13,20H,6-10H2,1H3,(H,19,22);2*1H. The van der Waals surface area contributed by atoms with E-state index in [9.17, 15) is 13.6 Å². The molecule has 0 bridgehead atoms. The summed E-state index contributed by atoms with van der Waals surface area (Å²) in [6.07, 6.45) is 0.586. The van der Waals surface area contributed by atoms with Gasteiger partial charge in [-0.15, -0.1) is 24.8 Å². The Balaban J connectivity index is 0.00000144. The number of nitrogens with one attached hydrogen (secondary N) is 2. The molecule has 24 heavy (non-hydrogen) atoms. The average molecular weight is 382 g/mol. The van der Waals surface area contributed by atoms with Gasteiger partial charge in [0, 0.05) is 31.2 Å². The number of fused-ring (bicyclic) bond motifs is 1. The zero-order chi connectivity index (χ0) is 15.7. The molecule has 1 saturated heterocycles. The molecule has 1 aromatic carbocycles. The van der Waals surface area contributed by atoms with Gasteiger partial charge in [-0.25, -0.2) is 8.78 Å². The van der Waals surface area contributed by atoms with Crippen LogP contribution in [0, 0.1) is 0 Å². The molecule has 2 N–H and O–H groups in total. The van der Waals surface area contributed by atoms with Crippen LogP contribution in [0.3, 0.4) is 0 Å². The summed E-state index contributed by atoms with van der Waals surface area (Å²) < 4.78 is 26.2. The van der Waals surface area contributed by atoms with Crippen molar-refractivity contribution in [3.63, 3.8) is 0 Å². The van der Waals surface area contributed by atoms with Crippen LogP contribution in [0.1, 0.15) is 18.9 Å². The topological polar surface area (TPSA) is 44.4 Å². The smallest absolute Gasteiger partial charge is 0.262 e. The number of para-hydroxylation sites is 1. The lowest BCUT2D eigenvalue weighted by atomic mass is 10.1. The van der Waals surface area contributed by atoms with Crippen molar-refractivity contribution >= 4 is 36.4 Å². The van der Waals surface area contributed by atoms with Crippen LogP contribution < -0.4 is 15.5 Å². The molecular weight excluding hydrogens is 359 g/mol. The maximum absolute atomic E-state index is 13.1. The fraction of sp³-hybridized carbons (Fsp3) is 0.562. The maximum atomic E-state index is 13.1. The summed E-state index contributed by atoms with van der Waals surface area (Å²) >= 11 is 0. The van der Waals surface area contributed by atoms with Gasteiger partial charge in [-0.05, 0) is 25.0 Å². The highest BCUT2D eigenvalue weighted by molar-refractivity contribution is 5.85. The van der Waals surface area contributed by atoms with E-state index in [2.05, 4.69) is 34.6 Å². The Morgan fingerprint density at radius 3 is 2.75 bits per heavy atom. The van der Waals surface area contributed by atoms with Crippen LogP contribution in [0.2, 0.25) is 0 Å². The Labute approximate surface area is 153 Å². The van der Waals surface area contributed by atoms with Crippen molar-refractivity contribution in [2.45, 2.75) is 37.8 Å². The molecule has 0 spiro atoms. The first-order valence-electron chi connectivity index (χ1n) is 7.70. The van der Waals surface area contributed by atoms with E-state index in [-0.39, 0.29) is 30.7 Å². The normalized spacial score (nSPS) is 23.9. The molecule has 8 heteroatoms. The first-order chi connectivity index (χ1) is 10.5. The quantitative estimate of drug-likeness (QED) is 0.841. The summed E-state index contributed by atoms with van der Waals surface area (Å²) in [5.74, 6) is -3.11. The van der Waals surface area contributed by atoms with Gasteiger partial charge in [0.2, 0.25) is 5.91 Å². The molecule has 1 fully saturated rings. The molecule has 136 valence electrons. The summed E-state index contributed by atoms with van der Waals surface area (Å²) in [5.41, 5.74) is 2.52. The Bertz CT molecular complexity index is 574. The van der Waals surface area contributed by atoms with Gasteiger partial charge in [-0.3, -0.25) is 10.1 Å². The van der Waals surface area contributed by atoms with E-state index in [1.165, 1.54) is 11.3 Å². The lowest BCUT2D eigenvalue weighted by Gasteiger charge is -2.25. The summed E-state index contributed by atoms with van der Waals surface area (Å²) in [5, 5.41) is 5.34. The zero-order valence-corrected chi connectivity index (χ0v) is 15.1. The van der Waals surface area contributed by atoms with Gasteiger partial charge in [0.05, 0.1) is 12.6 Å². The van der Waals surface area contributed by atoms with E-state index in [1.54, 1.807) is 0 Å². The van der Waals surface area contributed by atoms with Crippen molar-refractivity contribution in [2.75, 3.05) is 24.5 Å². The van der Waals surface area contributed by atoms with Crippen molar-refractivity contribution in [1.82, 2.24) is 10.6 Å². The van der Waals surface area contributed by atoms with E-state index in [1.807, 2.05) is 12.1 Å². The van der Waals surface area contributed by atoms with E-state index in [0.717, 1.165) is 6.42 Å². The van der Waals surface area contributed by atoms with Crippen molar-refractivity contribution in [1.29, 1.82) is 0 Å².